The molecule has 0 bridgehead atoms. The predicted octanol–water partition coefficient (Wildman–Crippen LogP) is 2.06. The zero-order chi connectivity index (χ0) is 7.23. The van der Waals surface area contributed by atoms with Gasteiger partial charge in [-0.1, -0.05) is 25.1 Å². The van der Waals surface area contributed by atoms with E-state index in [0.29, 0.717) is 0 Å². The van der Waals surface area contributed by atoms with Crippen LogP contribution >= 0.6 is 28.7 Å². The van der Waals surface area contributed by atoms with E-state index in [1.165, 1.54) is 18.6 Å². The van der Waals surface area contributed by atoms with Crippen LogP contribution in [0.25, 0.3) is 0 Å². The van der Waals surface area contributed by atoms with Crippen molar-refractivity contribution < 1.29 is 0 Å². The van der Waals surface area contributed by atoms with Crippen LogP contribution in [0.5, 0.6) is 0 Å². The monoisotopic (exact) mass is 238 g/mol. The number of rotatable bonds is 3. The van der Waals surface area contributed by atoms with E-state index in [-0.39, 0.29) is 17.0 Å². The average Bonchev–Trinajstić information content (AvgIpc) is 2.41. The second-order valence-corrected chi connectivity index (χ2v) is 3.40. The molecule has 0 unspecified atom stereocenters. The van der Waals surface area contributed by atoms with Crippen LogP contribution in [0.4, 0.5) is 0 Å². The van der Waals surface area contributed by atoms with Gasteiger partial charge in [-0.3, -0.25) is 4.99 Å². The molecule has 2 nitrogen and oxygen atoms in total. The van der Waals surface area contributed by atoms with Gasteiger partial charge < -0.3 is 5.32 Å². The summed E-state index contributed by atoms with van der Waals surface area (Å²) in [6, 6.07) is 0. The standard InChI is InChI=1S/C7H14N2S.BrH/c1-2-3-6-10-7-8-4-5-9-7;/h2-6H2,1H3,(H,8,9);1H. The molecule has 0 aliphatic carbocycles. The minimum atomic E-state index is 0. The molecule has 4 heteroatoms. The fraction of sp³-hybridized carbons (Fsp3) is 0.857. The summed E-state index contributed by atoms with van der Waals surface area (Å²) < 4.78 is 0. The van der Waals surface area contributed by atoms with Gasteiger partial charge in [-0.15, -0.1) is 17.0 Å². The number of hydrogen-bond acceptors (Lipinski definition) is 3. The Kier molecular flexibility index (Phi) is 7.17. The lowest BCUT2D eigenvalue weighted by atomic mass is 10.4. The molecule has 0 aromatic heterocycles. The molecule has 1 N–H and O–H groups in total. The molecule has 0 aromatic rings. The summed E-state index contributed by atoms with van der Waals surface area (Å²) in [5, 5.41) is 4.38. The van der Waals surface area contributed by atoms with Gasteiger partial charge in [0.2, 0.25) is 0 Å². The Bertz CT molecular complexity index is 128. The van der Waals surface area contributed by atoms with Gasteiger partial charge in [-0.25, -0.2) is 0 Å². The highest BCUT2D eigenvalue weighted by Crippen LogP contribution is 2.07. The zero-order valence-electron chi connectivity index (χ0n) is 6.80. The largest absolute Gasteiger partial charge is 0.363 e. The van der Waals surface area contributed by atoms with Gasteiger partial charge in [0.25, 0.3) is 0 Å². The van der Waals surface area contributed by atoms with Crippen LogP contribution in [0.15, 0.2) is 4.99 Å². The van der Waals surface area contributed by atoms with Crippen molar-refractivity contribution in [1.29, 1.82) is 0 Å². The van der Waals surface area contributed by atoms with E-state index in [1.54, 1.807) is 0 Å². The Morgan fingerprint density at radius 1 is 1.64 bits per heavy atom. The fourth-order valence-corrected chi connectivity index (χ4v) is 1.80. The van der Waals surface area contributed by atoms with Gasteiger partial charge in [-0.2, -0.15) is 0 Å². The molecule has 1 aliphatic rings. The van der Waals surface area contributed by atoms with E-state index >= 15 is 0 Å². The molecule has 0 fully saturated rings. The highest BCUT2D eigenvalue weighted by Gasteiger charge is 2.03. The number of nitrogens with one attached hydrogen (secondary N) is 1. The van der Waals surface area contributed by atoms with Crippen LogP contribution in [0.3, 0.4) is 0 Å². The SMILES string of the molecule is Br.CCCCSC1=NCCN1. The maximum Gasteiger partial charge on any atom is 0.156 e. The van der Waals surface area contributed by atoms with E-state index in [4.69, 9.17) is 0 Å². The Morgan fingerprint density at radius 3 is 3.00 bits per heavy atom. The molecule has 0 aromatic carbocycles. The van der Waals surface area contributed by atoms with Crippen molar-refractivity contribution >= 4 is 33.9 Å². The summed E-state index contributed by atoms with van der Waals surface area (Å²) in [4.78, 5) is 4.28. The lowest BCUT2D eigenvalue weighted by Crippen LogP contribution is -2.15. The second-order valence-electron chi connectivity index (χ2n) is 2.32. The Balaban J connectivity index is 0.000001000. The van der Waals surface area contributed by atoms with Crippen molar-refractivity contribution in [2.75, 3.05) is 18.8 Å². The van der Waals surface area contributed by atoms with Gasteiger partial charge in [0, 0.05) is 12.3 Å². The topological polar surface area (TPSA) is 24.4 Å². The second kappa shape index (κ2) is 6.98. The predicted molar refractivity (Wildman–Crippen MR) is 58.0 cm³/mol. The first-order valence-corrected chi connectivity index (χ1v) is 4.83. The Hall–Kier alpha value is 0.300. The van der Waals surface area contributed by atoms with E-state index in [1.807, 2.05) is 11.8 Å². The van der Waals surface area contributed by atoms with Gasteiger partial charge in [-0.05, 0) is 6.42 Å². The smallest absolute Gasteiger partial charge is 0.156 e. The molecule has 0 saturated carbocycles. The molecule has 11 heavy (non-hydrogen) atoms. The van der Waals surface area contributed by atoms with E-state index in [9.17, 15) is 0 Å². The van der Waals surface area contributed by atoms with Crippen LogP contribution in [0, 0.1) is 0 Å². The zero-order valence-corrected chi connectivity index (χ0v) is 9.33. The maximum absolute atomic E-state index is 4.28. The number of nitrogens with zero attached hydrogens (tertiary/aromatic N) is 1. The van der Waals surface area contributed by atoms with Crippen LogP contribution in [0.2, 0.25) is 0 Å². The fourth-order valence-electron chi connectivity index (χ4n) is 0.786. The summed E-state index contributed by atoms with van der Waals surface area (Å²) in [5.74, 6) is 1.21. The third kappa shape index (κ3) is 4.69. The van der Waals surface area contributed by atoms with Crippen molar-refractivity contribution in [2.24, 2.45) is 4.99 Å². The Morgan fingerprint density at radius 2 is 2.45 bits per heavy atom. The minimum Gasteiger partial charge on any atom is -0.363 e. The number of halogens is 1. The summed E-state index contributed by atoms with van der Waals surface area (Å²) in [6.07, 6.45) is 2.58. The van der Waals surface area contributed by atoms with Gasteiger partial charge in [0.05, 0.1) is 6.54 Å². The van der Waals surface area contributed by atoms with Crippen LogP contribution in [-0.2, 0) is 0 Å². The van der Waals surface area contributed by atoms with Crippen LogP contribution in [0.1, 0.15) is 19.8 Å². The molecule has 1 heterocycles. The van der Waals surface area contributed by atoms with Gasteiger partial charge in [0.1, 0.15) is 0 Å². The molecule has 0 saturated heterocycles. The first kappa shape index (κ1) is 11.3. The van der Waals surface area contributed by atoms with Gasteiger partial charge in [0.15, 0.2) is 5.17 Å². The molecule has 0 amide bonds. The lowest BCUT2D eigenvalue weighted by molar-refractivity contribution is 0.897. The third-order valence-corrected chi connectivity index (χ3v) is 2.42. The van der Waals surface area contributed by atoms with E-state index in [2.05, 4.69) is 17.2 Å². The number of aliphatic imine (C=N–C) groups is 1. The molecule has 1 rings (SSSR count). The first-order chi connectivity index (χ1) is 4.93. The Labute approximate surface area is 83.0 Å². The highest BCUT2D eigenvalue weighted by atomic mass is 79.9. The number of unbranched alkanes of at least 4 members (excludes halogenated alkanes) is 1. The molecule has 0 atom stereocenters. The third-order valence-electron chi connectivity index (χ3n) is 1.38. The lowest BCUT2D eigenvalue weighted by Gasteiger charge is -1.98. The highest BCUT2D eigenvalue weighted by molar-refractivity contribution is 8.93. The summed E-state index contributed by atoms with van der Waals surface area (Å²) in [6.45, 7) is 4.22. The van der Waals surface area contributed by atoms with Crippen molar-refractivity contribution in [3.8, 4) is 0 Å². The van der Waals surface area contributed by atoms with Crippen LogP contribution < -0.4 is 5.32 Å². The molecular weight excluding hydrogens is 224 g/mol. The van der Waals surface area contributed by atoms with Crippen molar-refractivity contribution in [1.82, 2.24) is 5.32 Å². The molecule has 1 aliphatic heterocycles. The van der Waals surface area contributed by atoms with Crippen LogP contribution in [-0.4, -0.2) is 24.0 Å². The quantitative estimate of drug-likeness (QED) is 0.762. The van der Waals surface area contributed by atoms with Crippen molar-refractivity contribution in [3.63, 3.8) is 0 Å². The minimum absolute atomic E-state index is 0. The van der Waals surface area contributed by atoms with E-state index in [0.717, 1.165) is 18.3 Å². The number of hydrogen-bond donors (Lipinski definition) is 1. The number of thioether (sulfide) groups is 1. The molecular formula is C7H15BrN2S. The van der Waals surface area contributed by atoms with E-state index < -0.39 is 0 Å². The molecule has 66 valence electrons. The normalized spacial score (nSPS) is 15.2. The average molecular weight is 239 g/mol. The van der Waals surface area contributed by atoms with Crippen molar-refractivity contribution in [2.45, 2.75) is 19.8 Å². The molecule has 0 radical (unpaired) electrons. The molecule has 0 spiro atoms. The van der Waals surface area contributed by atoms with Gasteiger partial charge >= 0.3 is 0 Å². The maximum atomic E-state index is 4.28. The summed E-state index contributed by atoms with van der Waals surface area (Å²) in [7, 11) is 0. The summed E-state index contributed by atoms with van der Waals surface area (Å²) >= 11 is 1.85. The number of amidine groups is 1. The summed E-state index contributed by atoms with van der Waals surface area (Å²) in [5.41, 5.74) is 0. The van der Waals surface area contributed by atoms with Crippen molar-refractivity contribution in [3.05, 3.63) is 0 Å². The first-order valence-electron chi connectivity index (χ1n) is 3.84.